The van der Waals surface area contributed by atoms with E-state index >= 15 is 0 Å². The number of anilines is 1. The smallest absolute Gasteiger partial charge is 0.226 e. The van der Waals surface area contributed by atoms with Crippen LogP contribution in [0.4, 0.5) is 5.95 Å². The van der Waals surface area contributed by atoms with Crippen LogP contribution in [0.1, 0.15) is 18.7 Å². The van der Waals surface area contributed by atoms with Gasteiger partial charge >= 0.3 is 0 Å². The highest BCUT2D eigenvalue weighted by Gasteiger charge is 2.09. The topological polar surface area (TPSA) is 114 Å². The molecule has 108 valence electrons. The van der Waals surface area contributed by atoms with E-state index in [1.807, 2.05) is 0 Å². The molecule has 3 heterocycles. The number of rotatable bonds is 5. The van der Waals surface area contributed by atoms with Gasteiger partial charge in [0.25, 0.3) is 0 Å². The molecule has 0 bridgehead atoms. The molecular weight excluding hydrogens is 296 g/mol. The fraction of sp³-hybridized carbons (Fsp3) is 0.273. The van der Waals surface area contributed by atoms with Crippen LogP contribution in [0.15, 0.2) is 18.5 Å². The van der Waals surface area contributed by atoms with Crippen molar-refractivity contribution < 1.29 is 4.79 Å². The molecule has 0 fully saturated rings. The Labute approximate surface area is 123 Å². The molecule has 3 aromatic heterocycles. The average molecular weight is 307 g/mol. The van der Waals surface area contributed by atoms with E-state index in [0.717, 1.165) is 0 Å². The van der Waals surface area contributed by atoms with Crippen molar-refractivity contribution >= 4 is 29.1 Å². The molecule has 0 atom stereocenters. The third kappa shape index (κ3) is 3.14. The zero-order valence-corrected chi connectivity index (χ0v) is 11.6. The maximum atomic E-state index is 11.7. The summed E-state index contributed by atoms with van der Waals surface area (Å²) >= 11 is 5.84. The van der Waals surface area contributed by atoms with Crippen molar-refractivity contribution in [2.24, 2.45) is 0 Å². The van der Waals surface area contributed by atoms with Crippen LogP contribution in [0.2, 0.25) is 5.15 Å². The molecule has 3 rings (SSSR count). The lowest BCUT2D eigenvalue weighted by Gasteiger charge is -2.01. The summed E-state index contributed by atoms with van der Waals surface area (Å²) in [6, 6.07) is 3.39. The van der Waals surface area contributed by atoms with Crippen LogP contribution in [0.5, 0.6) is 0 Å². The third-order valence-corrected chi connectivity index (χ3v) is 2.97. The standard InChI is InChI=1S/C11H11ClN8O/c12-7-4-5-9-17-16-8(20(9)19-7)2-1-3-10(21)15-11-13-6-14-18-11/h4-6H,1-3H2,(H2,13,14,15,18,21). The van der Waals surface area contributed by atoms with E-state index in [-0.39, 0.29) is 5.91 Å². The minimum Gasteiger partial charge on any atom is -0.295 e. The van der Waals surface area contributed by atoms with Crippen LogP contribution in [0, 0.1) is 0 Å². The summed E-state index contributed by atoms with van der Waals surface area (Å²) in [6.07, 6.45) is 2.83. The van der Waals surface area contributed by atoms with Crippen molar-refractivity contribution in [2.75, 3.05) is 5.32 Å². The van der Waals surface area contributed by atoms with E-state index < -0.39 is 0 Å². The molecule has 21 heavy (non-hydrogen) atoms. The first-order valence-electron chi connectivity index (χ1n) is 6.24. The predicted molar refractivity (Wildman–Crippen MR) is 73.7 cm³/mol. The summed E-state index contributed by atoms with van der Waals surface area (Å²) < 4.78 is 1.58. The second-order valence-corrected chi connectivity index (χ2v) is 4.67. The number of amides is 1. The zero-order valence-electron chi connectivity index (χ0n) is 10.8. The Balaban J connectivity index is 1.57. The van der Waals surface area contributed by atoms with E-state index in [1.165, 1.54) is 6.33 Å². The van der Waals surface area contributed by atoms with Gasteiger partial charge in [0.1, 0.15) is 11.5 Å². The van der Waals surface area contributed by atoms with Gasteiger partial charge in [0.05, 0.1) is 0 Å². The predicted octanol–water partition coefficient (Wildman–Crippen LogP) is 0.857. The Bertz CT molecular complexity index is 753. The monoisotopic (exact) mass is 306 g/mol. The number of fused-ring (bicyclic) bond motifs is 1. The summed E-state index contributed by atoms with van der Waals surface area (Å²) in [4.78, 5) is 15.5. The van der Waals surface area contributed by atoms with E-state index in [0.29, 0.717) is 41.8 Å². The molecule has 10 heteroatoms. The second-order valence-electron chi connectivity index (χ2n) is 4.28. The Kier molecular flexibility index (Phi) is 3.73. The number of carbonyl (C=O) groups is 1. The molecular formula is C11H11ClN8O. The van der Waals surface area contributed by atoms with E-state index in [2.05, 4.69) is 35.8 Å². The van der Waals surface area contributed by atoms with Gasteiger partial charge in [-0.3, -0.25) is 10.1 Å². The number of hydrogen-bond acceptors (Lipinski definition) is 6. The molecule has 0 spiro atoms. The number of aromatic nitrogens is 7. The summed E-state index contributed by atoms with van der Waals surface area (Å²) in [6.45, 7) is 0. The highest BCUT2D eigenvalue weighted by Crippen LogP contribution is 2.09. The molecule has 0 aliphatic rings. The van der Waals surface area contributed by atoms with Crippen molar-refractivity contribution in [3.05, 3.63) is 29.4 Å². The Hall–Kier alpha value is -2.55. The first kappa shape index (κ1) is 13.4. The summed E-state index contributed by atoms with van der Waals surface area (Å²) in [5.74, 6) is 0.855. The molecule has 0 saturated carbocycles. The quantitative estimate of drug-likeness (QED) is 0.722. The van der Waals surface area contributed by atoms with Gasteiger partial charge in [-0.2, -0.15) is 19.7 Å². The van der Waals surface area contributed by atoms with E-state index in [9.17, 15) is 4.79 Å². The molecule has 2 N–H and O–H groups in total. The molecule has 0 aliphatic heterocycles. The van der Waals surface area contributed by atoms with Crippen molar-refractivity contribution in [3.63, 3.8) is 0 Å². The second kappa shape index (κ2) is 5.83. The minimum absolute atomic E-state index is 0.147. The lowest BCUT2D eigenvalue weighted by molar-refractivity contribution is -0.116. The maximum Gasteiger partial charge on any atom is 0.226 e. The summed E-state index contributed by atoms with van der Waals surface area (Å²) in [5, 5.41) is 21.3. The van der Waals surface area contributed by atoms with Crippen LogP contribution in [0.3, 0.4) is 0 Å². The molecule has 9 nitrogen and oxygen atoms in total. The number of aromatic amines is 1. The van der Waals surface area contributed by atoms with Crippen molar-refractivity contribution in [2.45, 2.75) is 19.3 Å². The molecule has 0 unspecified atom stereocenters. The van der Waals surface area contributed by atoms with Crippen molar-refractivity contribution in [1.29, 1.82) is 0 Å². The van der Waals surface area contributed by atoms with Crippen LogP contribution >= 0.6 is 11.6 Å². The number of aryl methyl sites for hydroxylation is 1. The highest BCUT2D eigenvalue weighted by atomic mass is 35.5. The molecule has 0 aromatic carbocycles. The molecule has 0 aliphatic carbocycles. The van der Waals surface area contributed by atoms with E-state index in [4.69, 9.17) is 11.6 Å². The Morgan fingerprint density at radius 3 is 3.10 bits per heavy atom. The van der Waals surface area contributed by atoms with Gasteiger partial charge < -0.3 is 0 Å². The maximum absolute atomic E-state index is 11.7. The lowest BCUT2D eigenvalue weighted by atomic mass is 10.2. The molecule has 1 amide bonds. The summed E-state index contributed by atoms with van der Waals surface area (Å²) in [7, 11) is 0. The number of hydrogen-bond donors (Lipinski definition) is 2. The number of carbonyl (C=O) groups excluding carboxylic acids is 1. The Morgan fingerprint density at radius 2 is 2.29 bits per heavy atom. The lowest BCUT2D eigenvalue weighted by Crippen LogP contribution is -2.13. The average Bonchev–Trinajstić information content (AvgIpc) is 3.09. The zero-order chi connectivity index (χ0) is 14.7. The molecule has 0 radical (unpaired) electrons. The van der Waals surface area contributed by atoms with Crippen LogP contribution < -0.4 is 5.32 Å². The van der Waals surface area contributed by atoms with Gasteiger partial charge in [0.2, 0.25) is 11.9 Å². The molecule has 0 saturated heterocycles. The first-order valence-corrected chi connectivity index (χ1v) is 6.62. The largest absolute Gasteiger partial charge is 0.295 e. The molecule has 3 aromatic rings. The number of halogens is 1. The summed E-state index contributed by atoms with van der Waals surface area (Å²) in [5.41, 5.74) is 0.625. The van der Waals surface area contributed by atoms with Gasteiger partial charge in [0.15, 0.2) is 11.5 Å². The van der Waals surface area contributed by atoms with E-state index in [1.54, 1.807) is 16.6 Å². The van der Waals surface area contributed by atoms with Gasteiger partial charge in [-0.1, -0.05) is 11.6 Å². The first-order chi connectivity index (χ1) is 10.2. The normalized spacial score (nSPS) is 10.9. The fourth-order valence-corrected chi connectivity index (χ4v) is 1.97. The van der Waals surface area contributed by atoms with Crippen LogP contribution in [-0.4, -0.2) is 40.9 Å². The fourth-order valence-electron chi connectivity index (χ4n) is 1.83. The van der Waals surface area contributed by atoms with Gasteiger partial charge in [-0.25, -0.2) is 5.10 Å². The van der Waals surface area contributed by atoms with Crippen LogP contribution in [0.25, 0.3) is 5.65 Å². The Morgan fingerprint density at radius 1 is 1.38 bits per heavy atom. The SMILES string of the molecule is O=C(CCCc1nnc2ccc(Cl)nn12)Nc1ncn[nH]1. The number of nitrogens with zero attached hydrogens (tertiary/aromatic N) is 6. The number of H-pyrrole nitrogens is 1. The van der Waals surface area contributed by atoms with Crippen LogP contribution in [-0.2, 0) is 11.2 Å². The van der Waals surface area contributed by atoms with Gasteiger partial charge in [-0.15, -0.1) is 10.2 Å². The van der Waals surface area contributed by atoms with Gasteiger partial charge in [-0.05, 0) is 18.6 Å². The minimum atomic E-state index is -0.147. The third-order valence-electron chi connectivity index (χ3n) is 2.77. The number of nitrogens with one attached hydrogen (secondary N) is 2. The van der Waals surface area contributed by atoms with Gasteiger partial charge in [0, 0.05) is 12.8 Å². The van der Waals surface area contributed by atoms with Crippen molar-refractivity contribution in [1.82, 2.24) is 35.0 Å². The highest BCUT2D eigenvalue weighted by molar-refractivity contribution is 6.29. The van der Waals surface area contributed by atoms with Crippen molar-refractivity contribution in [3.8, 4) is 0 Å².